The topological polar surface area (TPSA) is 12.5 Å². The van der Waals surface area contributed by atoms with Crippen LogP contribution >= 0.6 is 0 Å². The second kappa shape index (κ2) is 5.63. The highest BCUT2D eigenvalue weighted by Gasteiger charge is 2.32. The molecule has 21 heavy (non-hydrogen) atoms. The minimum absolute atomic E-state index is 0.179. The summed E-state index contributed by atoms with van der Waals surface area (Å²) in [6, 6.07) is 9.92. The Morgan fingerprint density at radius 2 is 1.52 bits per heavy atom. The zero-order valence-corrected chi connectivity index (χ0v) is 11.4. The molecule has 2 aromatic rings. The van der Waals surface area contributed by atoms with Gasteiger partial charge in [0.25, 0.3) is 0 Å². The first-order valence-corrected chi connectivity index (χ1v) is 6.10. The normalized spacial score (nSPS) is 11.3. The molecule has 0 radical (unpaired) electrons. The Bertz CT molecular complexity index is 638. The SMILES string of the molecule is CN(C)c1c(F)cccc1-c1ccccc1OC(F)(F)F. The van der Waals surface area contributed by atoms with Gasteiger partial charge in [-0.1, -0.05) is 30.3 Å². The van der Waals surface area contributed by atoms with E-state index in [9.17, 15) is 17.6 Å². The van der Waals surface area contributed by atoms with E-state index in [2.05, 4.69) is 4.74 Å². The summed E-state index contributed by atoms with van der Waals surface area (Å²) in [5.74, 6) is -0.877. The maximum absolute atomic E-state index is 14.0. The summed E-state index contributed by atoms with van der Waals surface area (Å²) >= 11 is 0. The monoisotopic (exact) mass is 299 g/mol. The van der Waals surface area contributed by atoms with Crippen LogP contribution in [-0.2, 0) is 0 Å². The number of rotatable bonds is 3. The van der Waals surface area contributed by atoms with Gasteiger partial charge in [-0.3, -0.25) is 0 Å². The van der Waals surface area contributed by atoms with Crippen molar-refractivity contribution in [1.29, 1.82) is 0 Å². The Hall–Kier alpha value is -2.24. The van der Waals surface area contributed by atoms with Gasteiger partial charge in [-0.2, -0.15) is 0 Å². The van der Waals surface area contributed by atoms with Crippen LogP contribution in [0.4, 0.5) is 23.2 Å². The molecule has 0 aliphatic heterocycles. The molecule has 0 saturated heterocycles. The third-order valence-corrected chi connectivity index (χ3v) is 2.84. The van der Waals surface area contributed by atoms with Gasteiger partial charge in [0.05, 0.1) is 5.69 Å². The molecular weight excluding hydrogens is 286 g/mol. The van der Waals surface area contributed by atoms with Crippen LogP contribution < -0.4 is 9.64 Å². The highest BCUT2D eigenvalue weighted by molar-refractivity contribution is 5.82. The first-order chi connectivity index (χ1) is 9.79. The number of hydrogen-bond acceptors (Lipinski definition) is 2. The van der Waals surface area contributed by atoms with Crippen molar-refractivity contribution in [1.82, 2.24) is 0 Å². The highest BCUT2D eigenvalue weighted by atomic mass is 19.4. The number of hydrogen-bond donors (Lipinski definition) is 0. The predicted octanol–water partition coefficient (Wildman–Crippen LogP) is 4.46. The minimum atomic E-state index is -4.80. The van der Waals surface area contributed by atoms with Crippen molar-refractivity contribution in [3.63, 3.8) is 0 Å². The van der Waals surface area contributed by atoms with Crippen molar-refractivity contribution in [3.8, 4) is 16.9 Å². The molecule has 2 aromatic carbocycles. The van der Waals surface area contributed by atoms with Crippen molar-refractivity contribution < 1.29 is 22.3 Å². The average molecular weight is 299 g/mol. The lowest BCUT2D eigenvalue weighted by Gasteiger charge is -2.20. The standard InChI is InChI=1S/C15H13F4NO/c1-20(2)14-11(7-5-8-12(14)16)10-6-3-4-9-13(10)21-15(17,18)19/h3-9H,1-2H3. The van der Waals surface area contributed by atoms with Crippen LogP contribution in [0.1, 0.15) is 0 Å². The van der Waals surface area contributed by atoms with Gasteiger partial charge in [-0.15, -0.1) is 13.2 Å². The van der Waals surface area contributed by atoms with Gasteiger partial charge in [0.1, 0.15) is 11.6 Å². The molecule has 0 amide bonds. The molecule has 0 aliphatic carbocycles. The molecule has 2 rings (SSSR count). The fourth-order valence-electron chi connectivity index (χ4n) is 2.09. The summed E-state index contributed by atoms with van der Waals surface area (Å²) in [4.78, 5) is 1.51. The molecule has 0 aliphatic rings. The second-order valence-electron chi connectivity index (χ2n) is 4.57. The van der Waals surface area contributed by atoms with Gasteiger partial charge < -0.3 is 9.64 Å². The smallest absolute Gasteiger partial charge is 0.405 e. The van der Waals surface area contributed by atoms with Crippen LogP contribution in [0.25, 0.3) is 11.1 Å². The number of alkyl halides is 3. The Balaban J connectivity index is 2.60. The Kier molecular flexibility index (Phi) is 4.06. The van der Waals surface area contributed by atoms with Crippen LogP contribution in [0.3, 0.4) is 0 Å². The number of benzene rings is 2. The van der Waals surface area contributed by atoms with Crippen molar-refractivity contribution in [2.24, 2.45) is 0 Å². The number of nitrogens with zero attached hydrogens (tertiary/aromatic N) is 1. The van der Waals surface area contributed by atoms with E-state index in [0.717, 1.165) is 0 Å². The van der Waals surface area contributed by atoms with Crippen molar-refractivity contribution >= 4 is 5.69 Å². The summed E-state index contributed by atoms with van der Waals surface area (Å²) < 4.78 is 55.4. The summed E-state index contributed by atoms with van der Waals surface area (Å²) in [6.07, 6.45) is -4.80. The number of anilines is 1. The molecule has 0 N–H and O–H groups in total. The highest BCUT2D eigenvalue weighted by Crippen LogP contribution is 2.39. The van der Waals surface area contributed by atoms with E-state index in [1.165, 1.54) is 35.2 Å². The van der Waals surface area contributed by atoms with Crippen LogP contribution in [0.2, 0.25) is 0 Å². The van der Waals surface area contributed by atoms with Gasteiger partial charge in [0.2, 0.25) is 0 Å². The lowest BCUT2D eigenvalue weighted by atomic mass is 10.0. The van der Waals surface area contributed by atoms with E-state index in [0.29, 0.717) is 5.56 Å². The van der Waals surface area contributed by atoms with Crippen LogP contribution in [0, 0.1) is 5.82 Å². The van der Waals surface area contributed by atoms with Gasteiger partial charge in [0, 0.05) is 25.2 Å². The third kappa shape index (κ3) is 3.45. The molecule has 0 atom stereocenters. The summed E-state index contributed by atoms with van der Waals surface area (Å²) in [5, 5.41) is 0. The maximum atomic E-state index is 14.0. The molecule has 0 fully saturated rings. The molecule has 0 saturated carbocycles. The Morgan fingerprint density at radius 1 is 0.905 bits per heavy atom. The fourth-order valence-corrected chi connectivity index (χ4v) is 2.09. The summed E-state index contributed by atoms with van der Waals surface area (Å²) in [5.41, 5.74) is 0.716. The van der Waals surface area contributed by atoms with Crippen LogP contribution in [0.5, 0.6) is 5.75 Å². The minimum Gasteiger partial charge on any atom is -0.405 e. The molecular formula is C15H13F4NO. The number of ether oxygens (including phenoxy) is 1. The predicted molar refractivity (Wildman–Crippen MR) is 72.8 cm³/mol. The fraction of sp³-hybridized carbons (Fsp3) is 0.200. The first-order valence-electron chi connectivity index (χ1n) is 6.10. The molecule has 0 bridgehead atoms. The van der Waals surface area contributed by atoms with Gasteiger partial charge in [0.15, 0.2) is 0 Å². The van der Waals surface area contributed by atoms with E-state index in [1.54, 1.807) is 26.2 Å². The second-order valence-corrected chi connectivity index (χ2v) is 4.57. The van der Waals surface area contributed by atoms with Crippen molar-refractivity contribution in [2.45, 2.75) is 6.36 Å². The van der Waals surface area contributed by atoms with Crippen molar-refractivity contribution in [3.05, 3.63) is 48.3 Å². The lowest BCUT2D eigenvalue weighted by molar-refractivity contribution is -0.274. The quantitative estimate of drug-likeness (QED) is 0.776. The van der Waals surface area contributed by atoms with E-state index in [-0.39, 0.29) is 17.0 Å². The van der Waals surface area contributed by atoms with E-state index >= 15 is 0 Å². The van der Waals surface area contributed by atoms with Crippen LogP contribution in [-0.4, -0.2) is 20.5 Å². The number of para-hydroxylation sites is 2. The van der Waals surface area contributed by atoms with Gasteiger partial charge >= 0.3 is 6.36 Å². The largest absolute Gasteiger partial charge is 0.573 e. The molecule has 6 heteroatoms. The average Bonchev–Trinajstić information content (AvgIpc) is 2.36. The molecule has 0 heterocycles. The molecule has 2 nitrogen and oxygen atoms in total. The third-order valence-electron chi connectivity index (χ3n) is 2.84. The van der Waals surface area contributed by atoms with Crippen LogP contribution in [0.15, 0.2) is 42.5 Å². The van der Waals surface area contributed by atoms with Crippen molar-refractivity contribution in [2.75, 3.05) is 19.0 Å². The molecule has 112 valence electrons. The molecule has 0 aromatic heterocycles. The zero-order chi connectivity index (χ0) is 15.6. The first kappa shape index (κ1) is 15.2. The van der Waals surface area contributed by atoms with Gasteiger partial charge in [-0.25, -0.2) is 4.39 Å². The zero-order valence-electron chi connectivity index (χ0n) is 11.4. The van der Waals surface area contributed by atoms with Gasteiger partial charge in [-0.05, 0) is 12.1 Å². The van der Waals surface area contributed by atoms with E-state index in [1.807, 2.05) is 0 Å². The van der Waals surface area contributed by atoms with E-state index < -0.39 is 12.2 Å². The number of halogens is 4. The lowest BCUT2D eigenvalue weighted by Crippen LogP contribution is -2.18. The molecule has 0 spiro atoms. The Morgan fingerprint density at radius 3 is 2.14 bits per heavy atom. The summed E-state index contributed by atoms with van der Waals surface area (Å²) in [6.45, 7) is 0. The maximum Gasteiger partial charge on any atom is 0.573 e. The Labute approximate surface area is 119 Å². The summed E-state index contributed by atoms with van der Waals surface area (Å²) in [7, 11) is 3.24. The van der Waals surface area contributed by atoms with E-state index in [4.69, 9.17) is 0 Å². The molecule has 0 unspecified atom stereocenters.